The normalized spacial score (nSPS) is 11.5. The smallest absolute Gasteiger partial charge is 0.254 e. The molecule has 1 amide bonds. The fourth-order valence-electron chi connectivity index (χ4n) is 1.21. The van der Waals surface area contributed by atoms with Gasteiger partial charge in [-0.25, -0.2) is 0 Å². The van der Waals surface area contributed by atoms with E-state index < -0.39 is 0 Å². The zero-order valence-electron chi connectivity index (χ0n) is 9.39. The minimum absolute atomic E-state index is 0.0585. The lowest BCUT2D eigenvalue weighted by Crippen LogP contribution is -2.18. The first-order valence-electron chi connectivity index (χ1n) is 4.69. The predicted molar refractivity (Wildman–Crippen MR) is 55.5 cm³/mol. The molecule has 0 spiro atoms. The van der Waals surface area contributed by atoms with Crippen LogP contribution in [0.5, 0.6) is 0 Å². The molecule has 1 N–H and O–H groups in total. The van der Waals surface area contributed by atoms with Crippen molar-refractivity contribution in [2.45, 2.75) is 33.1 Å². The fraction of sp³-hybridized carbons (Fsp3) is 0.545. The van der Waals surface area contributed by atoms with Gasteiger partial charge in [0.1, 0.15) is 11.5 Å². The molecule has 0 aliphatic carbocycles. The van der Waals surface area contributed by atoms with Crippen LogP contribution in [0.2, 0.25) is 0 Å². The Labute approximate surface area is 84.5 Å². The van der Waals surface area contributed by atoms with Crippen molar-refractivity contribution < 1.29 is 9.21 Å². The van der Waals surface area contributed by atoms with Gasteiger partial charge in [-0.2, -0.15) is 0 Å². The monoisotopic (exact) mass is 195 g/mol. The van der Waals surface area contributed by atoms with E-state index in [-0.39, 0.29) is 11.3 Å². The molecule has 1 aromatic heterocycles. The highest BCUT2D eigenvalue weighted by Crippen LogP contribution is 2.26. The van der Waals surface area contributed by atoms with Gasteiger partial charge in [-0.15, -0.1) is 0 Å². The topological polar surface area (TPSA) is 42.2 Å². The summed E-state index contributed by atoms with van der Waals surface area (Å²) in [5.74, 6) is 1.42. The van der Waals surface area contributed by atoms with E-state index in [0.29, 0.717) is 11.3 Å². The van der Waals surface area contributed by atoms with E-state index in [2.05, 4.69) is 26.1 Å². The molecule has 1 heterocycles. The summed E-state index contributed by atoms with van der Waals surface area (Å²) in [7, 11) is 1.62. The van der Waals surface area contributed by atoms with Crippen molar-refractivity contribution in [3.8, 4) is 0 Å². The van der Waals surface area contributed by atoms with Gasteiger partial charge in [0, 0.05) is 12.5 Å². The minimum Gasteiger partial charge on any atom is -0.465 e. The predicted octanol–water partition coefficient (Wildman–Crippen LogP) is 2.25. The zero-order valence-corrected chi connectivity index (χ0v) is 9.39. The molecule has 0 bridgehead atoms. The van der Waals surface area contributed by atoms with Gasteiger partial charge >= 0.3 is 0 Å². The fourth-order valence-corrected chi connectivity index (χ4v) is 1.21. The van der Waals surface area contributed by atoms with Crippen LogP contribution >= 0.6 is 0 Å². The molecule has 1 rings (SSSR count). The lowest BCUT2D eigenvalue weighted by atomic mass is 9.93. The van der Waals surface area contributed by atoms with E-state index in [0.717, 1.165) is 5.76 Å². The van der Waals surface area contributed by atoms with E-state index >= 15 is 0 Å². The highest BCUT2D eigenvalue weighted by atomic mass is 16.3. The number of carbonyl (C=O) groups excluding carboxylic acids is 1. The summed E-state index contributed by atoms with van der Waals surface area (Å²) in [6.45, 7) is 7.97. The van der Waals surface area contributed by atoms with Gasteiger partial charge < -0.3 is 9.73 Å². The molecule has 0 aromatic carbocycles. The molecule has 0 aliphatic heterocycles. The first-order valence-corrected chi connectivity index (χ1v) is 4.69. The quantitative estimate of drug-likeness (QED) is 0.746. The van der Waals surface area contributed by atoms with E-state index in [1.165, 1.54) is 0 Å². The molecule has 14 heavy (non-hydrogen) atoms. The van der Waals surface area contributed by atoms with Crippen LogP contribution in [0.4, 0.5) is 0 Å². The summed E-state index contributed by atoms with van der Waals surface area (Å²) in [5.41, 5.74) is 0.564. The Bertz CT molecular complexity index is 345. The second-order valence-electron chi connectivity index (χ2n) is 4.41. The molecule has 1 aromatic rings. The Hall–Kier alpha value is -1.25. The summed E-state index contributed by atoms with van der Waals surface area (Å²) in [6.07, 6.45) is 0. The molecule has 78 valence electrons. The van der Waals surface area contributed by atoms with Gasteiger partial charge in [0.05, 0.1) is 5.56 Å². The molecular weight excluding hydrogens is 178 g/mol. The van der Waals surface area contributed by atoms with Gasteiger partial charge in [-0.3, -0.25) is 4.79 Å². The maximum atomic E-state index is 11.4. The number of aryl methyl sites for hydroxylation is 1. The summed E-state index contributed by atoms with van der Waals surface area (Å²) in [5, 5.41) is 2.59. The zero-order chi connectivity index (χ0) is 10.9. The van der Waals surface area contributed by atoms with Crippen molar-refractivity contribution in [2.24, 2.45) is 0 Å². The first kappa shape index (κ1) is 10.8. The third-order valence-corrected chi connectivity index (χ3v) is 2.13. The molecule has 0 saturated carbocycles. The molecule has 3 nitrogen and oxygen atoms in total. The number of furan rings is 1. The lowest BCUT2D eigenvalue weighted by Gasteiger charge is -2.13. The summed E-state index contributed by atoms with van der Waals surface area (Å²) < 4.78 is 5.54. The molecule has 0 saturated heterocycles. The molecular formula is C11H17NO2. The van der Waals surface area contributed by atoms with Crippen LogP contribution in [0, 0.1) is 6.92 Å². The van der Waals surface area contributed by atoms with Crippen LogP contribution < -0.4 is 5.32 Å². The van der Waals surface area contributed by atoms with Crippen LogP contribution in [0.25, 0.3) is 0 Å². The summed E-state index contributed by atoms with van der Waals surface area (Å²) >= 11 is 0. The van der Waals surface area contributed by atoms with Crippen molar-refractivity contribution in [2.75, 3.05) is 7.05 Å². The Kier molecular flexibility index (Phi) is 2.69. The van der Waals surface area contributed by atoms with Gasteiger partial charge in [0.25, 0.3) is 5.91 Å². The minimum atomic E-state index is -0.0956. The van der Waals surface area contributed by atoms with E-state index in [9.17, 15) is 4.79 Å². The Morgan fingerprint density at radius 1 is 1.43 bits per heavy atom. The van der Waals surface area contributed by atoms with E-state index in [1.807, 2.05) is 6.07 Å². The first-order chi connectivity index (χ1) is 6.36. The standard InChI is InChI=1S/C11H17NO2/c1-7-8(10(13)12-5)6-9(14-7)11(2,3)4/h6H,1-5H3,(H,12,13). The van der Waals surface area contributed by atoms with Crippen LogP contribution in [-0.2, 0) is 5.41 Å². The third-order valence-electron chi connectivity index (χ3n) is 2.13. The average molecular weight is 195 g/mol. The number of rotatable bonds is 1. The largest absolute Gasteiger partial charge is 0.465 e. The van der Waals surface area contributed by atoms with Crippen molar-refractivity contribution >= 4 is 5.91 Å². The van der Waals surface area contributed by atoms with Crippen LogP contribution in [0.15, 0.2) is 10.5 Å². The van der Waals surface area contributed by atoms with Crippen LogP contribution in [0.1, 0.15) is 42.6 Å². The molecule has 0 radical (unpaired) electrons. The SMILES string of the molecule is CNC(=O)c1cc(C(C)(C)C)oc1C. The number of nitrogens with one attached hydrogen (secondary N) is 1. The van der Waals surface area contributed by atoms with Gasteiger partial charge in [0.15, 0.2) is 0 Å². The molecule has 3 heteroatoms. The van der Waals surface area contributed by atoms with E-state index in [1.54, 1.807) is 14.0 Å². The molecule has 0 unspecified atom stereocenters. The maximum Gasteiger partial charge on any atom is 0.254 e. The van der Waals surface area contributed by atoms with Gasteiger partial charge in [-0.05, 0) is 13.0 Å². The van der Waals surface area contributed by atoms with Crippen molar-refractivity contribution in [1.82, 2.24) is 5.32 Å². The lowest BCUT2D eigenvalue weighted by molar-refractivity contribution is 0.0961. The molecule has 0 atom stereocenters. The molecule has 0 fully saturated rings. The maximum absolute atomic E-state index is 11.4. The van der Waals surface area contributed by atoms with Crippen LogP contribution in [-0.4, -0.2) is 13.0 Å². The number of amides is 1. The summed E-state index contributed by atoms with van der Waals surface area (Å²) in [6, 6.07) is 1.81. The van der Waals surface area contributed by atoms with Gasteiger partial charge in [-0.1, -0.05) is 20.8 Å². The van der Waals surface area contributed by atoms with E-state index in [4.69, 9.17) is 4.42 Å². The van der Waals surface area contributed by atoms with Crippen LogP contribution in [0.3, 0.4) is 0 Å². The summed E-state index contributed by atoms with van der Waals surface area (Å²) in [4.78, 5) is 11.4. The second kappa shape index (κ2) is 3.48. The number of hydrogen-bond acceptors (Lipinski definition) is 2. The van der Waals surface area contributed by atoms with Crippen molar-refractivity contribution in [3.63, 3.8) is 0 Å². The van der Waals surface area contributed by atoms with Crippen molar-refractivity contribution in [3.05, 3.63) is 23.2 Å². The average Bonchev–Trinajstić information content (AvgIpc) is 2.45. The third kappa shape index (κ3) is 1.97. The Morgan fingerprint density at radius 2 is 2.00 bits per heavy atom. The molecule has 0 aliphatic rings. The van der Waals surface area contributed by atoms with Gasteiger partial charge in [0.2, 0.25) is 0 Å². The highest BCUT2D eigenvalue weighted by molar-refractivity contribution is 5.95. The second-order valence-corrected chi connectivity index (χ2v) is 4.41. The number of hydrogen-bond donors (Lipinski definition) is 1. The highest BCUT2D eigenvalue weighted by Gasteiger charge is 2.22. The number of carbonyl (C=O) groups is 1. The Balaban J connectivity index is 3.12. The van der Waals surface area contributed by atoms with Crippen molar-refractivity contribution in [1.29, 1.82) is 0 Å². The Morgan fingerprint density at radius 3 is 2.36 bits per heavy atom.